The highest BCUT2D eigenvalue weighted by molar-refractivity contribution is 6.04. The fourth-order valence-corrected chi connectivity index (χ4v) is 2.64. The van der Waals surface area contributed by atoms with Crippen LogP contribution in [-0.2, 0) is 0 Å². The van der Waals surface area contributed by atoms with Crippen LogP contribution in [0.25, 0.3) is 6.08 Å². The van der Waals surface area contributed by atoms with Gasteiger partial charge in [0.15, 0.2) is 11.5 Å². The van der Waals surface area contributed by atoms with E-state index >= 15 is 0 Å². The summed E-state index contributed by atoms with van der Waals surface area (Å²) >= 11 is 0. The lowest BCUT2D eigenvalue weighted by Gasteiger charge is -2.28. The van der Waals surface area contributed by atoms with Gasteiger partial charge in [0.1, 0.15) is 11.4 Å². The van der Waals surface area contributed by atoms with Crippen LogP contribution in [0.1, 0.15) is 29.8 Å². The molecule has 0 spiro atoms. The largest absolute Gasteiger partial charge is 0.493 e. The lowest BCUT2D eigenvalue weighted by Crippen LogP contribution is -2.27. The number of rotatable bonds is 4. The van der Waals surface area contributed by atoms with Gasteiger partial charge in [0.05, 0.1) is 14.2 Å². The van der Waals surface area contributed by atoms with Gasteiger partial charge in [-0.1, -0.05) is 6.08 Å². The van der Waals surface area contributed by atoms with E-state index in [1.807, 2.05) is 44.2 Å². The van der Waals surface area contributed by atoms with Crippen molar-refractivity contribution in [1.82, 2.24) is 0 Å². The van der Waals surface area contributed by atoms with Crippen LogP contribution in [0.3, 0.4) is 0 Å². The third-order valence-corrected chi connectivity index (χ3v) is 3.95. The minimum absolute atomic E-state index is 0.220. The molecule has 1 aliphatic heterocycles. The third-order valence-electron chi connectivity index (χ3n) is 3.95. The van der Waals surface area contributed by atoms with Gasteiger partial charge < -0.3 is 19.5 Å². The van der Waals surface area contributed by atoms with Crippen molar-refractivity contribution in [2.24, 2.45) is 0 Å². The molecule has 0 aromatic heterocycles. The van der Waals surface area contributed by atoms with Crippen molar-refractivity contribution in [1.29, 1.82) is 0 Å². The van der Waals surface area contributed by atoms with Crippen molar-refractivity contribution < 1.29 is 19.0 Å². The maximum Gasteiger partial charge on any atom is 0.255 e. The summed E-state index contributed by atoms with van der Waals surface area (Å²) in [4.78, 5) is 12.5. The van der Waals surface area contributed by atoms with Gasteiger partial charge in [0, 0.05) is 16.8 Å². The Morgan fingerprint density at radius 2 is 1.80 bits per heavy atom. The Hall–Kier alpha value is -2.95. The molecule has 5 heteroatoms. The molecule has 130 valence electrons. The minimum atomic E-state index is -0.322. The molecule has 0 fully saturated rings. The quantitative estimate of drug-likeness (QED) is 0.909. The average molecular weight is 339 g/mol. The van der Waals surface area contributed by atoms with Crippen molar-refractivity contribution >= 4 is 17.7 Å². The number of carbonyl (C=O) groups excluding carboxylic acids is 1. The molecule has 5 nitrogen and oxygen atoms in total. The van der Waals surface area contributed by atoms with Gasteiger partial charge in [-0.25, -0.2) is 0 Å². The summed E-state index contributed by atoms with van der Waals surface area (Å²) < 4.78 is 16.3. The summed E-state index contributed by atoms with van der Waals surface area (Å²) in [6, 6.07) is 10.6. The zero-order valence-electron chi connectivity index (χ0n) is 14.8. The van der Waals surface area contributed by atoms with E-state index in [1.165, 1.54) is 7.11 Å². The number of methoxy groups -OCH3 is 2. The number of hydrogen-bond donors (Lipinski definition) is 1. The Bertz CT molecular complexity index is 840. The fraction of sp³-hybridized carbons (Fsp3) is 0.250. The van der Waals surface area contributed by atoms with Crippen LogP contribution in [0.4, 0.5) is 5.69 Å². The van der Waals surface area contributed by atoms with E-state index in [0.717, 1.165) is 11.3 Å². The van der Waals surface area contributed by atoms with Crippen LogP contribution in [-0.4, -0.2) is 25.7 Å². The molecule has 1 N–H and O–H groups in total. The number of ether oxygens (including phenoxy) is 3. The molecule has 0 unspecified atom stereocenters. The van der Waals surface area contributed by atoms with Gasteiger partial charge in [0.25, 0.3) is 5.91 Å². The van der Waals surface area contributed by atoms with Gasteiger partial charge in [-0.15, -0.1) is 0 Å². The molecule has 0 aliphatic carbocycles. The van der Waals surface area contributed by atoms with E-state index in [2.05, 4.69) is 5.32 Å². The zero-order chi connectivity index (χ0) is 18.0. The number of anilines is 1. The molecule has 25 heavy (non-hydrogen) atoms. The molecule has 0 bridgehead atoms. The molecule has 0 atom stereocenters. The minimum Gasteiger partial charge on any atom is -0.493 e. The molecular weight excluding hydrogens is 318 g/mol. The van der Waals surface area contributed by atoms with Gasteiger partial charge in [-0.05, 0) is 56.3 Å². The standard InChI is InChI=1S/C20H21NO4/c1-20(2)10-9-13-11-15(6-8-16(13)25-20)21-19(22)14-5-7-17(23-3)18(12-14)24-4/h5-12H,1-4H3,(H,21,22). The van der Waals surface area contributed by atoms with E-state index in [4.69, 9.17) is 14.2 Å². The Kier molecular flexibility index (Phi) is 4.40. The summed E-state index contributed by atoms with van der Waals surface area (Å²) in [7, 11) is 3.10. The molecule has 0 radical (unpaired) electrons. The van der Waals surface area contributed by atoms with Crippen LogP contribution >= 0.6 is 0 Å². The van der Waals surface area contributed by atoms with E-state index in [-0.39, 0.29) is 11.5 Å². The maximum atomic E-state index is 12.5. The van der Waals surface area contributed by atoms with Crippen molar-refractivity contribution in [3.05, 3.63) is 53.6 Å². The maximum absolute atomic E-state index is 12.5. The lowest BCUT2D eigenvalue weighted by molar-refractivity contribution is 0.102. The summed E-state index contributed by atoms with van der Waals surface area (Å²) in [5, 5.41) is 2.89. The number of amides is 1. The van der Waals surface area contributed by atoms with Gasteiger partial charge in [-0.2, -0.15) is 0 Å². The van der Waals surface area contributed by atoms with Gasteiger partial charge in [0.2, 0.25) is 0 Å². The first-order valence-corrected chi connectivity index (χ1v) is 7.97. The molecule has 2 aromatic carbocycles. The first-order chi connectivity index (χ1) is 11.9. The highest BCUT2D eigenvalue weighted by Gasteiger charge is 2.21. The zero-order valence-corrected chi connectivity index (χ0v) is 14.8. The Morgan fingerprint density at radius 1 is 1.04 bits per heavy atom. The number of benzene rings is 2. The van der Waals surface area contributed by atoms with Crippen molar-refractivity contribution in [3.8, 4) is 17.2 Å². The normalized spacial score (nSPS) is 14.2. The monoisotopic (exact) mass is 339 g/mol. The molecular formula is C20H21NO4. The average Bonchev–Trinajstić information content (AvgIpc) is 2.60. The smallest absolute Gasteiger partial charge is 0.255 e. The summed E-state index contributed by atoms with van der Waals surface area (Å²) in [5.41, 5.74) is 1.80. The Morgan fingerprint density at radius 3 is 2.52 bits per heavy atom. The number of nitrogens with one attached hydrogen (secondary N) is 1. The van der Waals surface area contributed by atoms with Crippen LogP contribution in [0, 0.1) is 0 Å². The fourth-order valence-electron chi connectivity index (χ4n) is 2.64. The highest BCUT2D eigenvalue weighted by Crippen LogP contribution is 2.33. The predicted molar refractivity (Wildman–Crippen MR) is 97.7 cm³/mol. The lowest BCUT2D eigenvalue weighted by atomic mass is 10.0. The molecule has 1 amide bonds. The van der Waals surface area contributed by atoms with Crippen LogP contribution in [0.5, 0.6) is 17.2 Å². The molecule has 3 rings (SSSR count). The Balaban J connectivity index is 1.80. The van der Waals surface area contributed by atoms with Crippen LogP contribution in [0.2, 0.25) is 0 Å². The summed E-state index contributed by atoms with van der Waals surface area (Å²) in [5.74, 6) is 1.68. The number of carbonyl (C=O) groups is 1. The topological polar surface area (TPSA) is 56.8 Å². The predicted octanol–water partition coefficient (Wildman–Crippen LogP) is 4.14. The first kappa shape index (κ1) is 16.9. The number of fused-ring (bicyclic) bond motifs is 1. The van der Waals surface area contributed by atoms with E-state index in [0.29, 0.717) is 22.7 Å². The second kappa shape index (κ2) is 6.51. The third kappa shape index (κ3) is 3.60. The summed E-state index contributed by atoms with van der Waals surface area (Å²) in [6.07, 6.45) is 4.00. The van der Waals surface area contributed by atoms with Gasteiger partial charge >= 0.3 is 0 Å². The SMILES string of the molecule is COc1ccc(C(=O)Nc2ccc3c(c2)C=CC(C)(C)O3)cc1OC. The molecule has 1 heterocycles. The van der Waals surface area contributed by atoms with Crippen molar-refractivity contribution in [2.75, 3.05) is 19.5 Å². The van der Waals surface area contributed by atoms with E-state index in [9.17, 15) is 4.79 Å². The first-order valence-electron chi connectivity index (χ1n) is 7.97. The van der Waals surface area contributed by atoms with Crippen molar-refractivity contribution in [3.63, 3.8) is 0 Å². The molecule has 1 aliphatic rings. The molecule has 2 aromatic rings. The Labute approximate surface area is 147 Å². The van der Waals surface area contributed by atoms with E-state index in [1.54, 1.807) is 25.3 Å². The highest BCUT2D eigenvalue weighted by atomic mass is 16.5. The molecule has 0 saturated carbocycles. The van der Waals surface area contributed by atoms with E-state index < -0.39 is 0 Å². The second-order valence-corrected chi connectivity index (χ2v) is 6.32. The van der Waals surface area contributed by atoms with Crippen molar-refractivity contribution in [2.45, 2.75) is 19.4 Å². The summed E-state index contributed by atoms with van der Waals surface area (Å²) in [6.45, 7) is 4.00. The van der Waals surface area contributed by atoms with Gasteiger partial charge in [-0.3, -0.25) is 4.79 Å². The second-order valence-electron chi connectivity index (χ2n) is 6.32. The van der Waals surface area contributed by atoms with Crippen LogP contribution < -0.4 is 19.5 Å². The number of hydrogen-bond acceptors (Lipinski definition) is 4. The molecule has 0 saturated heterocycles. The van der Waals surface area contributed by atoms with Crippen LogP contribution in [0.15, 0.2) is 42.5 Å².